The second-order valence-electron chi connectivity index (χ2n) is 19.3. The van der Waals surface area contributed by atoms with E-state index in [1.807, 2.05) is 36.4 Å². The van der Waals surface area contributed by atoms with Crippen molar-refractivity contribution in [3.05, 3.63) is 150 Å². The standard InChI is InChI=1S/C57H71N9O11S2/c1-33(39-23-22-38-17-9-10-18-40(38)30-39)48(65-54(73)46(29-37-20-24-41(68)25-21-37)62-52(71)44(61-50(69)42(59)31-78)27-35-13-5-3-6-14-35)55(74)60-43(19-11-12-26-58)51(70)66-49(34(2)67)56(75)63-45(28-36-15-7-4-8-16-36)53(72)64-47(32-79)57(76)77/h3-10,13-18,20-25,30,33-34,42-49,67-68,78-79H,11-12,19,26-29,31-32,58-59H2,1-2H3,(H,60,74)(H,61,69)(H,62,71)(H,63,75)(H,64,72)(H,65,73)(H,66,70)(H,76,77)/t33-,34+,42+,43-,44-,45-,46-,47-,48+,49-/m0/s1. The minimum atomic E-state index is -1.71. The molecule has 10 atom stereocenters. The lowest BCUT2D eigenvalue weighted by Gasteiger charge is -2.31. The number of phenolic OH excluding ortho intramolecular Hbond substituents is 1. The zero-order chi connectivity index (χ0) is 57.6. The van der Waals surface area contributed by atoms with Crippen LogP contribution in [0.5, 0.6) is 5.75 Å². The number of carboxylic acid groups (broad SMARTS) is 1. The maximum Gasteiger partial charge on any atom is 0.327 e. The van der Waals surface area contributed by atoms with Gasteiger partial charge in [-0.3, -0.25) is 33.6 Å². The number of unbranched alkanes of at least 4 members (excludes halogenated alkanes) is 1. The van der Waals surface area contributed by atoms with E-state index in [9.17, 15) is 48.9 Å². The third-order valence-corrected chi connectivity index (χ3v) is 14.0. The molecule has 0 radical (unpaired) electrons. The molecule has 0 saturated carbocycles. The second kappa shape index (κ2) is 31.2. The quantitative estimate of drug-likeness (QED) is 0.0230. The van der Waals surface area contributed by atoms with Crippen LogP contribution in [-0.4, -0.2) is 135 Å². The van der Waals surface area contributed by atoms with Crippen molar-refractivity contribution in [2.45, 2.75) is 113 Å². The smallest absolute Gasteiger partial charge is 0.327 e. The van der Waals surface area contributed by atoms with Gasteiger partial charge in [-0.05, 0) is 77.9 Å². The molecule has 0 aliphatic rings. The van der Waals surface area contributed by atoms with E-state index in [1.165, 1.54) is 19.1 Å². The summed E-state index contributed by atoms with van der Waals surface area (Å²) in [5, 5.41) is 51.0. The summed E-state index contributed by atoms with van der Waals surface area (Å²) < 4.78 is 0. The predicted octanol–water partition coefficient (Wildman–Crippen LogP) is 1.55. The van der Waals surface area contributed by atoms with Gasteiger partial charge in [-0.2, -0.15) is 25.3 Å². The molecule has 5 aromatic rings. The zero-order valence-electron chi connectivity index (χ0n) is 43.9. The molecule has 22 heteroatoms. The number of nitrogens with one attached hydrogen (secondary N) is 7. The molecule has 20 nitrogen and oxygen atoms in total. The van der Waals surface area contributed by atoms with Gasteiger partial charge in [-0.25, -0.2) is 4.79 Å². The highest BCUT2D eigenvalue weighted by Crippen LogP contribution is 2.25. The van der Waals surface area contributed by atoms with Crippen molar-refractivity contribution in [3.63, 3.8) is 0 Å². The van der Waals surface area contributed by atoms with Crippen molar-refractivity contribution in [3.8, 4) is 5.75 Å². The number of aliphatic hydroxyl groups excluding tert-OH is 1. The van der Waals surface area contributed by atoms with Crippen LogP contribution in [0, 0.1) is 0 Å². The fourth-order valence-corrected chi connectivity index (χ4v) is 9.00. The van der Waals surface area contributed by atoms with Crippen LogP contribution in [0.3, 0.4) is 0 Å². The van der Waals surface area contributed by atoms with Crippen LogP contribution in [0.25, 0.3) is 10.8 Å². The van der Waals surface area contributed by atoms with Gasteiger partial charge in [-0.15, -0.1) is 0 Å². The molecule has 79 heavy (non-hydrogen) atoms. The van der Waals surface area contributed by atoms with Gasteiger partial charge in [0.05, 0.1) is 12.1 Å². The van der Waals surface area contributed by atoms with Crippen LogP contribution in [0.2, 0.25) is 0 Å². The highest BCUT2D eigenvalue weighted by atomic mass is 32.1. The van der Waals surface area contributed by atoms with Crippen molar-refractivity contribution in [1.82, 2.24) is 37.2 Å². The molecule has 7 amide bonds. The van der Waals surface area contributed by atoms with Gasteiger partial charge in [0.15, 0.2) is 0 Å². The molecular formula is C57H71N9O11S2. The third-order valence-electron chi connectivity index (χ3n) is 13.2. The second-order valence-corrected chi connectivity index (χ2v) is 20.0. The summed E-state index contributed by atoms with van der Waals surface area (Å²) in [6, 6.07) is 25.2. The Labute approximate surface area is 469 Å². The first-order chi connectivity index (χ1) is 37.8. The first-order valence-corrected chi connectivity index (χ1v) is 27.1. The number of benzene rings is 5. The number of hydrogen-bond acceptors (Lipinski definition) is 14. The average Bonchev–Trinajstić information content (AvgIpc) is 3.45. The van der Waals surface area contributed by atoms with E-state index in [1.54, 1.807) is 85.8 Å². The lowest BCUT2D eigenvalue weighted by atomic mass is 9.90. The molecule has 0 unspecified atom stereocenters. The lowest BCUT2D eigenvalue weighted by Crippen LogP contribution is -2.62. The number of carbonyl (C=O) groups is 8. The van der Waals surface area contributed by atoms with Crippen LogP contribution < -0.4 is 48.7 Å². The molecule has 5 rings (SSSR count). The molecule has 0 heterocycles. The summed E-state index contributed by atoms with van der Waals surface area (Å²) in [7, 11) is 0. The Morgan fingerprint density at radius 3 is 1.46 bits per heavy atom. The van der Waals surface area contributed by atoms with Gasteiger partial charge in [-0.1, -0.05) is 122 Å². The molecule has 0 bridgehead atoms. The number of carbonyl (C=O) groups excluding carboxylic acids is 7. The SMILES string of the molecule is C[C@@H](O)[C@H](NC(=O)[C@H](CCCCN)NC(=O)[C@H](NC(=O)[C@H](Cc1ccc(O)cc1)NC(=O)[C@H](Cc1ccccc1)NC(=O)[C@H](N)CS)[C@@H](C)c1ccc2ccccc2c1)C(=O)N[C@@H](Cc1ccccc1)C(=O)N[C@@H](CS)C(=O)O. The van der Waals surface area contributed by atoms with E-state index in [-0.39, 0.29) is 49.5 Å². The lowest BCUT2D eigenvalue weighted by molar-refractivity contribution is -0.141. The number of nitrogens with two attached hydrogens (primary N) is 2. The van der Waals surface area contributed by atoms with Crippen molar-refractivity contribution >= 4 is 83.3 Å². The van der Waals surface area contributed by atoms with Gasteiger partial charge >= 0.3 is 5.97 Å². The molecule has 0 saturated heterocycles. The molecule has 0 aromatic heterocycles. The number of aromatic hydroxyl groups is 1. The number of fused-ring (bicyclic) bond motifs is 1. The minimum Gasteiger partial charge on any atom is -0.508 e. The van der Waals surface area contributed by atoms with E-state index in [4.69, 9.17) is 11.5 Å². The average molecular weight is 1120 g/mol. The number of carboxylic acids is 1. The Morgan fingerprint density at radius 1 is 0.494 bits per heavy atom. The van der Waals surface area contributed by atoms with Crippen LogP contribution in [-0.2, 0) is 57.6 Å². The number of hydrogen-bond donors (Lipinski definition) is 14. The highest BCUT2D eigenvalue weighted by molar-refractivity contribution is 7.80. The largest absolute Gasteiger partial charge is 0.508 e. The van der Waals surface area contributed by atoms with E-state index in [2.05, 4.69) is 62.5 Å². The normalized spacial score (nSPS) is 15.0. The minimum absolute atomic E-state index is 0.00763. The fourth-order valence-electron chi connectivity index (χ4n) is 8.59. The van der Waals surface area contributed by atoms with Crippen molar-refractivity contribution < 1.29 is 53.7 Å². The first-order valence-electron chi connectivity index (χ1n) is 25.9. The molecule has 0 aliphatic heterocycles. The summed E-state index contributed by atoms with van der Waals surface area (Å²) in [5.74, 6) is -8.41. The van der Waals surface area contributed by atoms with E-state index >= 15 is 4.79 Å². The molecular weight excluding hydrogens is 1050 g/mol. The van der Waals surface area contributed by atoms with Gasteiger partial charge in [0.1, 0.15) is 48.0 Å². The number of amides is 7. The van der Waals surface area contributed by atoms with Crippen LogP contribution >= 0.6 is 25.3 Å². The summed E-state index contributed by atoms with van der Waals surface area (Å²) in [6.07, 6.45) is -1.14. The Bertz CT molecular complexity index is 2850. The number of phenols is 1. The van der Waals surface area contributed by atoms with Crippen LogP contribution in [0.1, 0.15) is 61.3 Å². The number of rotatable bonds is 30. The predicted molar refractivity (Wildman–Crippen MR) is 306 cm³/mol. The molecule has 14 N–H and O–H groups in total. The number of aliphatic carboxylic acids is 1. The summed E-state index contributed by atoms with van der Waals surface area (Å²) in [5.41, 5.74) is 14.2. The Balaban J connectivity index is 1.49. The topological polar surface area (TPSA) is 333 Å². The molecule has 0 fully saturated rings. The zero-order valence-corrected chi connectivity index (χ0v) is 45.7. The third kappa shape index (κ3) is 19.1. The Kier molecular flexibility index (Phi) is 24.6. The van der Waals surface area contributed by atoms with Crippen molar-refractivity contribution in [2.75, 3.05) is 18.1 Å². The van der Waals surface area contributed by atoms with Gasteiger partial charge in [0.2, 0.25) is 41.4 Å². The highest BCUT2D eigenvalue weighted by Gasteiger charge is 2.37. The van der Waals surface area contributed by atoms with Gasteiger partial charge in [0, 0.05) is 36.7 Å². The number of aliphatic hydroxyl groups is 1. The van der Waals surface area contributed by atoms with Crippen LogP contribution in [0.4, 0.5) is 0 Å². The van der Waals surface area contributed by atoms with Gasteiger partial charge in [0.25, 0.3) is 0 Å². The van der Waals surface area contributed by atoms with Gasteiger partial charge < -0.3 is 64.0 Å². The molecule has 0 aliphatic carbocycles. The van der Waals surface area contributed by atoms with E-state index < -0.39 is 108 Å². The summed E-state index contributed by atoms with van der Waals surface area (Å²) >= 11 is 8.17. The number of thiol groups is 2. The summed E-state index contributed by atoms with van der Waals surface area (Å²) in [4.78, 5) is 112. The molecule has 0 spiro atoms. The van der Waals surface area contributed by atoms with Crippen molar-refractivity contribution in [1.29, 1.82) is 0 Å². The Hall–Kier alpha value is -7.50. The monoisotopic (exact) mass is 1120 g/mol. The summed E-state index contributed by atoms with van der Waals surface area (Å²) in [6.45, 7) is 3.16. The Morgan fingerprint density at radius 2 is 0.937 bits per heavy atom. The van der Waals surface area contributed by atoms with E-state index in [0.29, 0.717) is 35.1 Å². The van der Waals surface area contributed by atoms with Crippen LogP contribution in [0.15, 0.2) is 127 Å². The maximum atomic E-state index is 15.0. The maximum absolute atomic E-state index is 15.0. The molecule has 5 aromatic carbocycles. The van der Waals surface area contributed by atoms with Crippen molar-refractivity contribution in [2.24, 2.45) is 11.5 Å². The van der Waals surface area contributed by atoms with E-state index in [0.717, 1.165) is 10.8 Å². The first kappa shape index (κ1) is 62.3. The fraction of sp³-hybridized carbons (Fsp3) is 0.368. The molecule has 422 valence electrons.